The molecule has 0 radical (unpaired) electrons. The average molecular weight is 277 g/mol. The largest absolute Gasteiger partial charge is 0.442 e. The summed E-state index contributed by atoms with van der Waals surface area (Å²) >= 11 is 0. The number of amides is 3. The Morgan fingerprint density at radius 2 is 2.05 bits per heavy atom. The molecule has 6 heteroatoms. The number of nitrogens with one attached hydrogen (secondary N) is 1. The topological polar surface area (TPSA) is 61.9 Å². The molecular formula is C14H19N3O3. The molecule has 1 aromatic carbocycles. The van der Waals surface area contributed by atoms with E-state index in [2.05, 4.69) is 5.32 Å². The highest BCUT2D eigenvalue weighted by Crippen LogP contribution is 2.21. The Morgan fingerprint density at radius 1 is 1.40 bits per heavy atom. The van der Waals surface area contributed by atoms with Gasteiger partial charge in [-0.3, -0.25) is 4.90 Å². The Hall–Kier alpha value is -2.24. The highest BCUT2D eigenvalue weighted by atomic mass is 16.6. The Morgan fingerprint density at radius 3 is 2.65 bits per heavy atom. The van der Waals surface area contributed by atoms with E-state index in [1.54, 1.807) is 19.0 Å². The van der Waals surface area contributed by atoms with Crippen molar-refractivity contribution in [3.05, 3.63) is 29.8 Å². The Kier molecular flexibility index (Phi) is 4.12. The van der Waals surface area contributed by atoms with Crippen LogP contribution in [0.25, 0.3) is 0 Å². The summed E-state index contributed by atoms with van der Waals surface area (Å²) < 4.78 is 5.24. The van der Waals surface area contributed by atoms with Crippen LogP contribution < -0.4 is 10.2 Å². The molecule has 20 heavy (non-hydrogen) atoms. The first-order chi connectivity index (χ1) is 9.47. The summed E-state index contributed by atoms with van der Waals surface area (Å²) in [5.74, 6) is 0. The first-order valence-corrected chi connectivity index (χ1v) is 6.47. The summed E-state index contributed by atoms with van der Waals surface area (Å²) in [6.45, 7) is 2.74. The zero-order valence-corrected chi connectivity index (χ0v) is 11.9. The van der Waals surface area contributed by atoms with Gasteiger partial charge in [0.25, 0.3) is 0 Å². The number of cyclic esters (lactones) is 1. The summed E-state index contributed by atoms with van der Waals surface area (Å²) in [5.41, 5.74) is 1.94. The van der Waals surface area contributed by atoms with Crippen LogP contribution in [-0.2, 0) is 4.74 Å². The van der Waals surface area contributed by atoms with Gasteiger partial charge < -0.3 is 15.0 Å². The summed E-state index contributed by atoms with van der Waals surface area (Å²) in [4.78, 5) is 26.3. The quantitative estimate of drug-likeness (QED) is 0.912. The third-order valence-electron chi connectivity index (χ3n) is 3.11. The van der Waals surface area contributed by atoms with Crippen molar-refractivity contribution in [2.45, 2.75) is 13.0 Å². The maximum Gasteiger partial charge on any atom is 0.414 e. The van der Waals surface area contributed by atoms with E-state index in [0.717, 1.165) is 11.3 Å². The van der Waals surface area contributed by atoms with Crippen LogP contribution in [0.2, 0.25) is 0 Å². The van der Waals surface area contributed by atoms with Gasteiger partial charge in [-0.05, 0) is 19.1 Å². The zero-order valence-electron chi connectivity index (χ0n) is 11.9. The van der Waals surface area contributed by atoms with Crippen LogP contribution in [0, 0.1) is 6.92 Å². The number of hydrogen-bond acceptors (Lipinski definition) is 3. The number of benzene rings is 1. The molecule has 1 aliphatic rings. The molecule has 0 saturated carbocycles. The van der Waals surface area contributed by atoms with Crippen LogP contribution in [0.1, 0.15) is 5.56 Å². The van der Waals surface area contributed by atoms with Crippen molar-refractivity contribution in [3.8, 4) is 0 Å². The van der Waals surface area contributed by atoms with Crippen LogP contribution in [0.3, 0.4) is 0 Å². The van der Waals surface area contributed by atoms with Crippen molar-refractivity contribution >= 4 is 17.8 Å². The van der Waals surface area contributed by atoms with Gasteiger partial charge in [-0.15, -0.1) is 0 Å². The first kappa shape index (κ1) is 14.2. The maximum absolute atomic E-state index is 11.8. The zero-order chi connectivity index (χ0) is 14.7. The predicted molar refractivity (Wildman–Crippen MR) is 75.9 cm³/mol. The smallest absolute Gasteiger partial charge is 0.414 e. The number of ether oxygens (including phenoxy) is 1. The molecule has 1 heterocycles. The number of rotatable bonds is 3. The highest BCUT2D eigenvalue weighted by Gasteiger charge is 2.32. The van der Waals surface area contributed by atoms with Crippen molar-refractivity contribution in [2.75, 3.05) is 32.1 Å². The second-order valence-electron chi connectivity index (χ2n) is 5.03. The summed E-state index contributed by atoms with van der Waals surface area (Å²) in [5, 5.41) is 2.71. The summed E-state index contributed by atoms with van der Waals surface area (Å²) in [6, 6.07) is 7.47. The molecule has 1 aromatic rings. The second kappa shape index (κ2) is 5.81. The fraction of sp³-hybridized carbons (Fsp3) is 0.429. The van der Waals surface area contributed by atoms with Crippen LogP contribution in [0.4, 0.5) is 15.3 Å². The Balaban J connectivity index is 1.94. The van der Waals surface area contributed by atoms with E-state index in [9.17, 15) is 9.59 Å². The van der Waals surface area contributed by atoms with E-state index in [-0.39, 0.29) is 18.2 Å². The van der Waals surface area contributed by atoms with Crippen molar-refractivity contribution in [1.82, 2.24) is 10.2 Å². The maximum atomic E-state index is 11.8. The molecule has 1 fully saturated rings. The van der Waals surface area contributed by atoms with E-state index in [1.807, 2.05) is 31.2 Å². The van der Waals surface area contributed by atoms with Gasteiger partial charge >= 0.3 is 12.1 Å². The molecule has 1 unspecified atom stereocenters. The van der Waals surface area contributed by atoms with Crippen molar-refractivity contribution in [2.24, 2.45) is 0 Å². The highest BCUT2D eigenvalue weighted by molar-refractivity contribution is 5.89. The molecule has 0 aliphatic carbocycles. The minimum absolute atomic E-state index is 0.199. The standard InChI is InChI=1S/C14H19N3O3/c1-10-4-6-11(7-5-10)17-9-12(20-14(17)19)8-15-13(18)16(2)3/h4-7,12H,8-9H2,1-3H3,(H,15,18). The summed E-state index contributed by atoms with van der Waals surface area (Å²) in [7, 11) is 3.32. The van der Waals surface area contributed by atoms with Gasteiger partial charge in [-0.2, -0.15) is 0 Å². The molecule has 1 N–H and O–H groups in total. The number of hydrogen-bond donors (Lipinski definition) is 1. The fourth-order valence-corrected chi connectivity index (χ4v) is 1.92. The normalized spacial score (nSPS) is 17.9. The van der Waals surface area contributed by atoms with Crippen LogP contribution in [0.5, 0.6) is 0 Å². The average Bonchev–Trinajstić information content (AvgIpc) is 2.78. The second-order valence-corrected chi connectivity index (χ2v) is 5.03. The van der Waals surface area contributed by atoms with E-state index >= 15 is 0 Å². The molecular weight excluding hydrogens is 258 g/mol. The van der Waals surface area contributed by atoms with Gasteiger partial charge in [-0.25, -0.2) is 9.59 Å². The number of carbonyl (C=O) groups excluding carboxylic acids is 2. The predicted octanol–water partition coefficient (Wildman–Crippen LogP) is 1.59. The van der Waals surface area contributed by atoms with Crippen LogP contribution >= 0.6 is 0 Å². The minimum atomic E-state index is -0.377. The van der Waals surface area contributed by atoms with Crippen LogP contribution in [-0.4, -0.2) is 50.3 Å². The molecule has 0 aromatic heterocycles. The lowest BCUT2D eigenvalue weighted by atomic mass is 10.2. The van der Waals surface area contributed by atoms with Crippen molar-refractivity contribution < 1.29 is 14.3 Å². The molecule has 1 atom stereocenters. The Labute approximate surface area is 118 Å². The molecule has 6 nitrogen and oxygen atoms in total. The molecule has 1 saturated heterocycles. The molecule has 2 rings (SSSR count). The van der Waals surface area contributed by atoms with Gasteiger partial charge in [0.1, 0.15) is 6.10 Å². The van der Waals surface area contributed by atoms with E-state index in [4.69, 9.17) is 4.74 Å². The number of urea groups is 1. The minimum Gasteiger partial charge on any atom is -0.442 e. The fourth-order valence-electron chi connectivity index (χ4n) is 1.92. The summed E-state index contributed by atoms with van der Waals surface area (Å²) in [6.07, 6.45) is -0.703. The first-order valence-electron chi connectivity index (χ1n) is 6.47. The molecule has 108 valence electrons. The SMILES string of the molecule is Cc1ccc(N2CC(CNC(=O)N(C)C)OC2=O)cc1. The lowest BCUT2D eigenvalue weighted by Gasteiger charge is -2.15. The molecule has 3 amide bonds. The van der Waals surface area contributed by atoms with Crippen molar-refractivity contribution in [3.63, 3.8) is 0 Å². The molecule has 1 aliphatic heterocycles. The van der Waals surface area contributed by atoms with Gasteiger partial charge in [0.05, 0.1) is 13.1 Å². The van der Waals surface area contributed by atoms with Gasteiger partial charge in [0.2, 0.25) is 0 Å². The van der Waals surface area contributed by atoms with Gasteiger partial charge in [0.15, 0.2) is 0 Å². The van der Waals surface area contributed by atoms with Gasteiger partial charge in [-0.1, -0.05) is 17.7 Å². The number of anilines is 1. The lowest BCUT2D eigenvalue weighted by molar-refractivity contribution is 0.139. The van der Waals surface area contributed by atoms with E-state index in [0.29, 0.717) is 13.1 Å². The number of aryl methyl sites for hydroxylation is 1. The third-order valence-corrected chi connectivity index (χ3v) is 3.11. The van der Waals surface area contributed by atoms with Crippen molar-refractivity contribution in [1.29, 1.82) is 0 Å². The van der Waals surface area contributed by atoms with E-state index in [1.165, 1.54) is 4.90 Å². The number of nitrogens with zero attached hydrogens (tertiary/aromatic N) is 2. The molecule has 0 bridgehead atoms. The van der Waals surface area contributed by atoms with Gasteiger partial charge in [0, 0.05) is 19.8 Å². The Bertz CT molecular complexity index is 499. The molecule has 0 spiro atoms. The number of carbonyl (C=O) groups is 2. The van der Waals surface area contributed by atoms with E-state index < -0.39 is 0 Å². The third kappa shape index (κ3) is 3.20. The monoisotopic (exact) mass is 277 g/mol. The van der Waals surface area contributed by atoms with Crippen LogP contribution in [0.15, 0.2) is 24.3 Å². The lowest BCUT2D eigenvalue weighted by Crippen LogP contribution is -2.40.